The summed E-state index contributed by atoms with van der Waals surface area (Å²) in [6, 6.07) is 5.75. The fraction of sp³-hybridized carbons (Fsp3) is 0.444. The lowest BCUT2D eigenvalue weighted by Gasteiger charge is -2.12. The van der Waals surface area contributed by atoms with Crippen molar-refractivity contribution in [2.24, 2.45) is 12.0 Å². The van der Waals surface area contributed by atoms with E-state index in [0.29, 0.717) is 0 Å². The van der Waals surface area contributed by atoms with E-state index in [2.05, 4.69) is 20.7 Å². The van der Waals surface area contributed by atoms with E-state index in [1.54, 1.807) is 14.2 Å². The van der Waals surface area contributed by atoms with Crippen molar-refractivity contribution in [3.8, 4) is 5.75 Å². The molecule has 0 amide bonds. The van der Waals surface area contributed by atoms with Crippen LogP contribution in [0.15, 0.2) is 35.6 Å². The lowest BCUT2D eigenvalue weighted by Crippen LogP contribution is -2.38. The van der Waals surface area contributed by atoms with Gasteiger partial charge in [0, 0.05) is 38.4 Å². The first-order valence-corrected chi connectivity index (χ1v) is 8.74. The zero-order valence-electron chi connectivity index (χ0n) is 15.1. The van der Waals surface area contributed by atoms with Gasteiger partial charge in [0.2, 0.25) is 0 Å². The van der Waals surface area contributed by atoms with Crippen LogP contribution in [0.5, 0.6) is 5.75 Å². The van der Waals surface area contributed by atoms with E-state index >= 15 is 0 Å². The summed E-state index contributed by atoms with van der Waals surface area (Å²) in [5.41, 5.74) is 2.34. The molecule has 0 aliphatic heterocycles. The number of rotatable bonds is 8. The Bertz CT molecular complexity index is 699. The van der Waals surface area contributed by atoms with Crippen molar-refractivity contribution in [2.45, 2.75) is 19.3 Å². The minimum absolute atomic E-state index is 0.723. The molecule has 0 saturated carbocycles. The van der Waals surface area contributed by atoms with Crippen LogP contribution in [0.3, 0.4) is 0 Å². The van der Waals surface area contributed by atoms with Gasteiger partial charge >= 0.3 is 0 Å². The van der Waals surface area contributed by atoms with Gasteiger partial charge in [0.1, 0.15) is 5.75 Å². The molecule has 0 fully saturated rings. The average Bonchev–Trinajstić information content (AvgIpc) is 3.03. The van der Waals surface area contributed by atoms with Gasteiger partial charge in [-0.05, 0) is 42.5 Å². The second kappa shape index (κ2) is 9.93. The lowest BCUT2D eigenvalue weighted by molar-refractivity contribution is 0.414. The third-order valence-corrected chi connectivity index (χ3v) is 4.22. The SMILES string of the molecule is CN=C(NCCCc1cnn(C)c1)NCCc1ccc(OC)cc1Cl. The molecule has 1 aromatic carbocycles. The molecule has 6 nitrogen and oxygen atoms in total. The fourth-order valence-electron chi connectivity index (χ4n) is 2.49. The predicted octanol–water partition coefficient (Wildman–Crippen LogP) is 2.42. The van der Waals surface area contributed by atoms with Crippen LogP contribution in [0.25, 0.3) is 0 Å². The molecule has 0 bridgehead atoms. The van der Waals surface area contributed by atoms with Gasteiger partial charge in [-0.15, -0.1) is 0 Å². The average molecular weight is 364 g/mol. The topological polar surface area (TPSA) is 63.5 Å². The summed E-state index contributed by atoms with van der Waals surface area (Å²) in [5, 5.41) is 11.5. The minimum atomic E-state index is 0.723. The highest BCUT2D eigenvalue weighted by atomic mass is 35.5. The van der Waals surface area contributed by atoms with Crippen LogP contribution in [0, 0.1) is 0 Å². The highest BCUT2D eigenvalue weighted by molar-refractivity contribution is 6.31. The molecule has 0 aliphatic carbocycles. The summed E-state index contributed by atoms with van der Waals surface area (Å²) < 4.78 is 6.99. The zero-order valence-corrected chi connectivity index (χ0v) is 15.8. The summed E-state index contributed by atoms with van der Waals surface area (Å²) in [6.45, 7) is 1.62. The van der Waals surface area contributed by atoms with Gasteiger partial charge in [0.05, 0.1) is 13.3 Å². The number of benzene rings is 1. The molecule has 0 unspecified atom stereocenters. The molecule has 0 spiro atoms. The molecule has 1 aromatic heterocycles. The first-order valence-electron chi connectivity index (χ1n) is 8.37. The number of nitrogens with zero attached hydrogens (tertiary/aromatic N) is 3. The van der Waals surface area contributed by atoms with Crippen LogP contribution in [-0.4, -0.2) is 43.0 Å². The van der Waals surface area contributed by atoms with Gasteiger partial charge in [-0.2, -0.15) is 5.10 Å². The first-order chi connectivity index (χ1) is 12.1. The number of ether oxygens (including phenoxy) is 1. The van der Waals surface area contributed by atoms with Crippen molar-refractivity contribution in [2.75, 3.05) is 27.2 Å². The maximum absolute atomic E-state index is 6.26. The van der Waals surface area contributed by atoms with Crippen molar-refractivity contribution in [1.29, 1.82) is 0 Å². The van der Waals surface area contributed by atoms with Crippen LogP contribution in [0.2, 0.25) is 5.02 Å². The maximum atomic E-state index is 6.26. The molecule has 136 valence electrons. The number of guanidine groups is 1. The molecule has 0 radical (unpaired) electrons. The van der Waals surface area contributed by atoms with Crippen molar-refractivity contribution >= 4 is 17.6 Å². The molecule has 7 heteroatoms. The number of hydrogen-bond donors (Lipinski definition) is 2. The van der Waals surface area contributed by atoms with E-state index in [9.17, 15) is 0 Å². The Morgan fingerprint density at radius 1 is 1.28 bits per heavy atom. The highest BCUT2D eigenvalue weighted by Crippen LogP contribution is 2.22. The Hall–Kier alpha value is -2.21. The van der Waals surface area contributed by atoms with Crippen molar-refractivity contribution < 1.29 is 4.74 Å². The van der Waals surface area contributed by atoms with Gasteiger partial charge in [-0.3, -0.25) is 9.67 Å². The molecule has 0 atom stereocenters. The fourth-order valence-corrected chi connectivity index (χ4v) is 2.76. The van der Waals surface area contributed by atoms with Gasteiger partial charge < -0.3 is 15.4 Å². The van der Waals surface area contributed by atoms with Gasteiger partial charge in [-0.1, -0.05) is 17.7 Å². The van der Waals surface area contributed by atoms with E-state index in [1.165, 1.54) is 5.56 Å². The van der Waals surface area contributed by atoms with Crippen molar-refractivity contribution in [3.63, 3.8) is 0 Å². The summed E-state index contributed by atoms with van der Waals surface area (Å²) in [4.78, 5) is 4.24. The molecular weight excluding hydrogens is 338 g/mol. The number of halogens is 1. The maximum Gasteiger partial charge on any atom is 0.190 e. The highest BCUT2D eigenvalue weighted by Gasteiger charge is 2.03. The molecule has 1 heterocycles. The molecule has 2 rings (SSSR count). The quantitative estimate of drug-likeness (QED) is 0.429. The van der Waals surface area contributed by atoms with E-state index in [4.69, 9.17) is 16.3 Å². The van der Waals surface area contributed by atoms with Crippen LogP contribution in [0.1, 0.15) is 17.5 Å². The number of aromatic nitrogens is 2. The molecule has 25 heavy (non-hydrogen) atoms. The monoisotopic (exact) mass is 363 g/mol. The van der Waals surface area contributed by atoms with Crippen LogP contribution >= 0.6 is 11.6 Å². The zero-order chi connectivity index (χ0) is 18.1. The predicted molar refractivity (Wildman–Crippen MR) is 103 cm³/mol. The van der Waals surface area contributed by atoms with Crippen molar-refractivity contribution in [3.05, 3.63) is 46.7 Å². The van der Waals surface area contributed by atoms with Crippen LogP contribution in [0.4, 0.5) is 0 Å². The Kier molecular flexibility index (Phi) is 7.60. The van der Waals surface area contributed by atoms with Crippen LogP contribution in [-0.2, 0) is 19.9 Å². The number of aliphatic imine (C=N–C) groups is 1. The third kappa shape index (κ3) is 6.31. The molecule has 2 aromatic rings. The Morgan fingerprint density at radius 3 is 2.72 bits per heavy atom. The summed E-state index contributed by atoms with van der Waals surface area (Å²) in [5.74, 6) is 1.57. The second-order valence-corrected chi connectivity index (χ2v) is 6.17. The number of aryl methyl sites for hydroxylation is 2. The summed E-state index contributed by atoms with van der Waals surface area (Å²) >= 11 is 6.26. The first kappa shape index (κ1) is 19.1. The third-order valence-electron chi connectivity index (χ3n) is 3.86. The Balaban J connectivity index is 1.68. The standard InChI is InChI=1S/C18H26ClN5O/c1-20-18(21-9-4-5-14-12-23-24(2)13-14)22-10-8-15-6-7-16(25-3)11-17(15)19/h6-7,11-13H,4-5,8-10H2,1-3H3,(H2,20,21,22). The van der Waals surface area contributed by atoms with Gasteiger partial charge in [-0.25, -0.2) is 0 Å². The van der Waals surface area contributed by atoms with Gasteiger partial charge in [0.15, 0.2) is 5.96 Å². The van der Waals surface area contributed by atoms with Gasteiger partial charge in [0.25, 0.3) is 0 Å². The number of nitrogens with one attached hydrogen (secondary N) is 2. The minimum Gasteiger partial charge on any atom is -0.497 e. The molecular formula is C18H26ClN5O. The summed E-state index contributed by atoms with van der Waals surface area (Å²) in [6.07, 6.45) is 6.80. The van der Waals surface area contributed by atoms with E-state index in [0.717, 1.165) is 54.6 Å². The van der Waals surface area contributed by atoms with E-state index in [1.807, 2.05) is 42.3 Å². The molecule has 2 N–H and O–H groups in total. The normalized spacial score (nSPS) is 11.4. The Morgan fingerprint density at radius 2 is 2.08 bits per heavy atom. The Labute approximate surface area is 154 Å². The molecule has 0 saturated heterocycles. The number of hydrogen-bond acceptors (Lipinski definition) is 3. The lowest BCUT2D eigenvalue weighted by atomic mass is 10.1. The summed E-state index contributed by atoms with van der Waals surface area (Å²) in [7, 11) is 5.34. The largest absolute Gasteiger partial charge is 0.497 e. The molecule has 0 aliphatic rings. The second-order valence-electron chi connectivity index (χ2n) is 5.76. The van der Waals surface area contributed by atoms with E-state index < -0.39 is 0 Å². The van der Waals surface area contributed by atoms with E-state index in [-0.39, 0.29) is 0 Å². The van der Waals surface area contributed by atoms with Crippen LogP contribution < -0.4 is 15.4 Å². The van der Waals surface area contributed by atoms with Crippen molar-refractivity contribution in [1.82, 2.24) is 20.4 Å². The smallest absolute Gasteiger partial charge is 0.190 e. The number of methoxy groups -OCH3 is 1.